The summed E-state index contributed by atoms with van der Waals surface area (Å²) in [6, 6.07) is 9.71. The Morgan fingerprint density at radius 1 is 1.12 bits per heavy atom. The molecule has 2 amide bonds. The van der Waals surface area contributed by atoms with Gasteiger partial charge in [-0.15, -0.1) is 0 Å². The van der Waals surface area contributed by atoms with Crippen LogP contribution in [0.25, 0.3) is 5.69 Å². The molecule has 2 rings (SSSR count). The van der Waals surface area contributed by atoms with Gasteiger partial charge in [0.05, 0.1) is 24.5 Å². The van der Waals surface area contributed by atoms with E-state index in [0.717, 1.165) is 16.9 Å². The molecule has 7 nitrogen and oxygen atoms in total. The number of aromatic nitrogens is 2. The zero-order valence-corrected chi connectivity index (χ0v) is 14.5. The minimum Gasteiger partial charge on any atom is -0.358 e. The number of hydrogen-bond donors (Lipinski definition) is 2. The van der Waals surface area contributed by atoms with E-state index in [9.17, 15) is 9.59 Å². The van der Waals surface area contributed by atoms with Crippen LogP contribution in [0.2, 0.25) is 0 Å². The normalized spacial score (nSPS) is 10.7. The van der Waals surface area contributed by atoms with Crippen molar-refractivity contribution in [3.63, 3.8) is 0 Å². The molecule has 1 aromatic heterocycles. The van der Waals surface area contributed by atoms with Gasteiger partial charge in [-0.1, -0.05) is 17.7 Å². The van der Waals surface area contributed by atoms with Crippen LogP contribution in [0.15, 0.2) is 30.3 Å². The Balaban J connectivity index is 2.08. The zero-order chi connectivity index (χ0) is 17.7. The first kappa shape index (κ1) is 17.7. The first-order valence-corrected chi connectivity index (χ1v) is 7.71. The summed E-state index contributed by atoms with van der Waals surface area (Å²) < 4.78 is 1.70. The maximum atomic E-state index is 12.2. The van der Waals surface area contributed by atoms with E-state index in [1.165, 1.54) is 0 Å². The van der Waals surface area contributed by atoms with E-state index in [1.54, 1.807) is 23.7 Å². The van der Waals surface area contributed by atoms with Gasteiger partial charge in [-0.3, -0.25) is 14.5 Å². The van der Waals surface area contributed by atoms with Crippen LogP contribution in [0.4, 0.5) is 5.82 Å². The van der Waals surface area contributed by atoms with Crippen LogP contribution >= 0.6 is 0 Å². The highest BCUT2D eigenvalue weighted by Crippen LogP contribution is 2.17. The molecule has 0 aliphatic heterocycles. The van der Waals surface area contributed by atoms with Gasteiger partial charge in [-0.05, 0) is 33.0 Å². The van der Waals surface area contributed by atoms with Gasteiger partial charge in [0, 0.05) is 13.1 Å². The average molecular weight is 329 g/mol. The number of nitrogens with zero attached hydrogens (tertiary/aromatic N) is 3. The second-order valence-electron chi connectivity index (χ2n) is 5.81. The summed E-state index contributed by atoms with van der Waals surface area (Å²) in [4.78, 5) is 25.2. The minimum absolute atomic E-state index is 0.117. The van der Waals surface area contributed by atoms with Gasteiger partial charge >= 0.3 is 0 Å². The smallest absolute Gasteiger partial charge is 0.239 e. The van der Waals surface area contributed by atoms with Crippen molar-refractivity contribution in [3.8, 4) is 5.69 Å². The lowest BCUT2D eigenvalue weighted by molar-refractivity contribution is -0.122. The van der Waals surface area contributed by atoms with Gasteiger partial charge in [-0.25, -0.2) is 4.68 Å². The summed E-state index contributed by atoms with van der Waals surface area (Å²) >= 11 is 0. The van der Waals surface area contributed by atoms with Crippen LogP contribution in [0.1, 0.15) is 11.3 Å². The first-order chi connectivity index (χ1) is 11.4. The van der Waals surface area contributed by atoms with E-state index in [0.29, 0.717) is 5.82 Å². The van der Waals surface area contributed by atoms with Gasteiger partial charge in [0.25, 0.3) is 0 Å². The maximum absolute atomic E-state index is 12.2. The van der Waals surface area contributed by atoms with Crippen molar-refractivity contribution in [2.24, 2.45) is 0 Å². The van der Waals surface area contributed by atoms with Crippen LogP contribution in [-0.2, 0) is 9.59 Å². The summed E-state index contributed by atoms with van der Waals surface area (Å²) in [5, 5.41) is 9.81. The third kappa shape index (κ3) is 4.66. The van der Waals surface area contributed by atoms with Crippen molar-refractivity contribution in [1.29, 1.82) is 0 Å². The van der Waals surface area contributed by atoms with Gasteiger partial charge in [0.1, 0.15) is 5.82 Å². The Bertz CT molecular complexity index is 721. The van der Waals surface area contributed by atoms with Crippen LogP contribution in [0.3, 0.4) is 0 Å². The monoisotopic (exact) mass is 329 g/mol. The summed E-state index contributed by atoms with van der Waals surface area (Å²) in [7, 11) is 3.29. The molecular formula is C17H23N5O2. The molecule has 2 aromatic rings. The van der Waals surface area contributed by atoms with E-state index in [1.807, 2.05) is 44.2 Å². The highest BCUT2D eigenvalue weighted by molar-refractivity contribution is 5.92. The van der Waals surface area contributed by atoms with Crippen LogP contribution in [0, 0.1) is 13.8 Å². The van der Waals surface area contributed by atoms with Crippen LogP contribution in [0.5, 0.6) is 0 Å². The number of aryl methyl sites for hydroxylation is 2. The first-order valence-electron chi connectivity index (χ1n) is 7.71. The number of rotatable bonds is 6. The lowest BCUT2D eigenvalue weighted by atomic mass is 10.2. The molecule has 1 heterocycles. The predicted molar refractivity (Wildman–Crippen MR) is 93.2 cm³/mol. The summed E-state index contributed by atoms with van der Waals surface area (Å²) in [6.07, 6.45) is 0. The van der Waals surface area contributed by atoms with Gasteiger partial charge in [-0.2, -0.15) is 5.10 Å². The third-order valence-electron chi connectivity index (χ3n) is 3.48. The fraction of sp³-hybridized carbons (Fsp3) is 0.353. The molecule has 24 heavy (non-hydrogen) atoms. The Kier molecular flexibility index (Phi) is 5.70. The third-order valence-corrected chi connectivity index (χ3v) is 3.48. The molecule has 0 atom stereocenters. The molecule has 0 aliphatic rings. The summed E-state index contributed by atoms with van der Waals surface area (Å²) in [6.45, 7) is 4.17. The number of carbonyl (C=O) groups is 2. The molecule has 0 unspecified atom stereocenters. The number of anilines is 1. The Morgan fingerprint density at radius 3 is 2.38 bits per heavy atom. The van der Waals surface area contributed by atoms with Gasteiger partial charge < -0.3 is 10.6 Å². The highest BCUT2D eigenvalue weighted by Gasteiger charge is 2.13. The van der Waals surface area contributed by atoms with E-state index in [-0.39, 0.29) is 24.9 Å². The van der Waals surface area contributed by atoms with Crippen LogP contribution in [-0.4, -0.2) is 53.7 Å². The Hall–Kier alpha value is -2.67. The van der Waals surface area contributed by atoms with Crippen molar-refractivity contribution in [3.05, 3.63) is 41.6 Å². The zero-order valence-electron chi connectivity index (χ0n) is 14.5. The summed E-state index contributed by atoms with van der Waals surface area (Å²) in [5.41, 5.74) is 2.84. The van der Waals surface area contributed by atoms with Crippen molar-refractivity contribution in [2.45, 2.75) is 13.8 Å². The lowest BCUT2D eigenvalue weighted by Crippen LogP contribution is -2.37. The standard InChI is InChI=1S/C17H23N5O2/c1-12-5-7-14(8-6-12)22-15(9-13(2)20-22)19-17(24)11-21(4)10-16(23)18-3/h5-9H,10-11H2,1-4H3,(H,18,23)(H,19,24). The Labute approximate surface area is 141 Å². The number of carbonyl (C=O) groups excluding carboxylic acids is 2. The molecule has 7 heteroatoms. The molecule has 0 aliphatic carbocycles. The second kappa shape index (κ2) is 7.74. The van der Waals surface area contributed by atoms with E-state index in [2.05, 4.69) is 15.7 Å². The quantitative estimate of drug-likeness (QED) is 0.832. The van der Waals surface area contributed by atoms with E-state index in [4.69, 9.17) is 0 Å². The Morgan fingerprint density at radius 2 is 1.75 bits per heavy atom. The van der Waals surface area contributed by atoms with Crippen molar-refractivity contribution < 1.29 is 9.59 Å². The molecule has 128 valence electrons. The lowest BCUT2D eigenvalue weighted by Gasteiger charge is -2.15. The van der Waals surface area contributed by atoms with E-state index >= 15 is 0 Å². The average Bonchev–Trinajstić information content (AvgIpc) is 2.87. The molecule has 0 saturated heterocycles. The molecule has 0 fully saturated rings. The van der Waals surface area contributed by atoms with Crippen molar-refractivity contribution in [1.82, 2.24) is 20.0 Å². The predicted octanol–water partition coefficient (Wildman–Crippen LogP) is 1.11. The maximum Gasteiger partial charge on any atom is 0.239 e. The summed E-state index contributed by atoms with van der Waals surface area (Å²) in [5.74, 6) is 0.273. The molecule has 1 aromatic carbocycles. The van der Waals surface area contributed by atoms with Gasteiger partial charge in [0.15, 0.2) is 0 Å². The molecular weight excluding hydrogens is 306 g/mol. The number of likely N-dealkylation sites (N-methyl/N-ethyl adjacent to an activating group) is 2. The van der Waals surface area contributed by atoms with Crippen molar-refractivity contribution in [2.75, 3.05) is 32.5 Å². The molecule has 0 saturated carbocycles. The van der Waals surface area contributed by atoms with Gasteiger partial charge in [0.2, 0.25) is 11.8 Å². The molecule has 0 radical (unpaired) electrons. The largest absolute Gasteiger partial charge is 0.358 e. The van der Waals surface area contributed by atoms with Crippen LogP contribution < -0.4 is 10.6 Å². The topological polar surface area (TPSA) is 79.3 Å². The number of nitrogens with one attached hydrogen (secondary N) is 2. The highest BCUT2D eigenvalue weighted by atomic mass is 16.2. The second-order valence-corrected chi connectivity index (χ2v) is 5.81. The molecule has 0 bridgehead atoms. The van der Waals surface area contributed by atoms with Crippen molar-refractivity contribution >= 4 is 17.6 Å². The fourth-order valence-corrected chi connectivity index (χ4v) is 2.28. The van der Waals surface area contributed by atoms with E-state index < -0.39 is 0 Å². The number of amides is 2. The molecule has 2 N–H and O–H groups in total. The molecule has 0 spiro atoms. The fourth-order valence-electron chi connectivity index (χ4n) is 2.28. The minimum atomic E-state index is -0.199. The number of hydrogen-bond acceptors (Lipinski definition) is 4. The SMILES string of the molecule is CNC(=O)CN(C)CC(=O)Nc1cc(C)nn1-c1ccc(C)cc1. The number of benzene rings is 1.